The van der Waals surface area contributed by atoms with Gasteiger partial charge in [0.05, 0.1) is 5.54 Å². The summed E-state index contributed by atoms with van der Waals surface area (Å²) in [6.07, 6.45) is 3.59. The lowest BCUT2D eigenvalue weighted by Gasteiger charge is -2.32. The van der Waals surface area contributed by atoms with Gasteiger partial charge in [0.15, 0.2) is 0 Å². The number of carbonyl (C=O) groups is 2. The Bertz CT molecular complexity index is 324. The second kappa shape index (κ2) is 4.64. The van der Waals surface area contributed by atoms with Crippen molar-refractivity contribution < 1.29 is 9.59 Å². The Labute approximate surface area is 102 Å². The van der Waals surface area contributed by atoms with Gasteiger partial charge in [0.1, 0.15) is 6.04 Å². The third-order valence-corrected chi connectivity index (χ3v) is 3.90. The Balaban J connectivity index is 2.10. The summed E-state index contributed by atoms with van der Waals surface area (Å²) in [6, 6.07) is -0.272. The maximum absolute atomic E-state index is 12.5. The van der Waals surface area contributed by atoms with Crippen molar-refractivity contribution in [1.29, 1.82) is 0 Å². The van der Waals surface area contributed by atoms with Crippen LogP contribution in [0.5, 0.6) is 0 Å². The highest BCUT2D eigenvalue weighted by molar-refractivity contribution is 5.92. The number of hydrogen-bond donors (Lipinski definition) is 2. The molecule has 2 rings (SSSR count). The summed E-state index contributed by atoms with van der Waals surface area (Å²) in [5.41, 5.74) is -0.462. The zero-order chi connectivity index (χ0) is 12.5. The van der Waals surface area contributed by atoms with Crippen LogP contribution in [0, 0.1) is 0 Å². The van der Waals surface area contributed by atoms with Crippen molar-refractivity contribution >= 4 is 11.8 Å². The van der Waals surface area contributed by atoms with Crippen LogP contribution < -0.4 is 10.6 Å². The molecule has 2 fully saturated rings. The van der Waals surface area contributed by atoms with Crippen LogP contribution in [-0.2, 0) is 9.59 Å². The molecule has 2 amide bonds. The predicted molar refractivity (Wildman–Crippen MR) is 64.4 cm³/mol. The summed E-state index contributed by atoms with van der Waals surface area (Å²) in [5.74, 6) is 0.0403. The van der Waals surface area contributed by atoms with Crippen LogP contribution in [0.3, 0.4) is 0 Å². The standard InChI is InChI=1S/C12H21N3O2/c1-12(6-4-7-14-12)11(17)15-8-3-5-9(15)10(16)13-2/h9,14H,3-8H2,1-2H3,(H,13,16). The van der Waals surface area contributed by atoms with Crippen molar-refractivity contribution in [3.8, 4) is 0 Å². The van der Waals surface area contributed by atoms with Gasteiger partial charge in [-0.15, -0.1) is 0 Å². The van der Waals surface area contributed by atoms with Gasteiger partial charge in [-0.05, 0) is 39.2 Å². The van der Waals surface area contributed by atoms with E-state index in [-0.39, 0.29) is 17.9 Å². The fourth-order valence-corrected chi connectivity index (χ4v) is 2.84. The molecule has 2 aliphatic heterocycles. The molecule has 17 heavy (non-hydrogen) atoms. The topological polar surface area (TPSA) is 61.4 Å². The average molecular weight is 239 g/mol. The zero-order valence-corrected chi connectivity index (χ0v) is 10.6. The second-order valence-corrected chi connectivity index (χ2v) is 5.13. The van der Waals surface area contributed by atoms with Gasteiger partial charge in [-0.25, -0.2) is 0 Å². The summed E-state index contributed by atoms with van der Waals surface area (Å²) in [6.45, 7) is 3.54. The number of likely N-dealkylation sites (N-methyl/N-ethyl adjacent to an activating group) is 1. The summed E-state index contributed by atoms with van der Waals surface area (Å²) >= 11 is 0. The molecule has 2 heterocycles. The molecule has 0 radical (unpaired) electrons. The number of hydrogen-bond acceptors (Lipinski definition) is 3. The van der Waals surface area contributed by atoms with Gasteiger partial charge in [0.2, 0.25) is 11.8 Å². The zero-order valence-electron chi connectivity index (χ0n) is 10.6. The van der Waals surface area contributed by atoms with Crippen molar-refractivity contribution in [2.75, 3.05) is 20.1 Å². The highest BCUT2D eigenvalue weighted by Crippen LogP contribution is 2.26. The van der Waals surface area contributed by atoms with Crippen molar-refractivity contribution in [3.05, 3.63) is 0 Å². The van der Waals surface area contributed by atoms with Crippen LogP contribution in [0.15, 0.2) is 0 Å². The number of nitrogens with one attached hydrogen (secondary N) is 2. The van der Waals surface area contributed by atoms with Crippen molar-refractivity contribution in [2.24, 2.45) is 0 Å². The van der Waals surface area contributed by atoms with Crippen LogP contribution >= 0.6 is 0 Å². The fourth-order valence-electron chi connectivity index (χ4n) is 2.84. The minimum absolute atomic E-state index is 0.0440. The van der Waals surface area contributed by atoms with E-state index < -0.39 is 5.54 Å². The van der Waals surface area contributed by atoms with Crippen LogP contribution in [0.4, 0.5) is 0 Å². The first kappa shape index (κ1) is 12.4. The molecule has 5 heteroatoms. The first-order valence-corrected chi connectivity index (χ1v) is 6.36. The summed E-state index contributed by atoms with van der Waals surface area (Å²) in [5, 5.41) is 5.91. The molecule has 0 aromatic carbocycles. The quantitative estimate of drug-likeness (QED) is 0.705. The Morgan fingerprint density at radius 1 is 1.41 bits per heavy atom. The molecule has 0 aromatic rings. The normalized spacial score (nSPS) is 32.8. The third kappa shape index (κ3) is 2.16. The van der Waals surface area contributed by atoms with Crippen LogP contribution in [-0.4, -0.2) is 48.4 Å². The molecule has 96 valence electrons. The van der Waals surface area contributed by atoms with Gasteiger partial charge in [0, 0.05) is 13.6 Å². The Morgan fingerprint density at radius 2 is 2.18 bits per heavy atom. The van der Waals surface area contributed by atoms with Gasteiger partial charge >= 0.3 is 0 Å². The predicted octanol–water partition coefficient (Wildman–Crippen LogP) is -0.134. The van der Waals surface area contributed by atoms with Gasteiger partial charge in [-0.3, -0.25) is 9.59 Å². The molecule has 0 spiro atoms. The molecule has 0 aromatic heterocycles. The molecule has 2 atom stereocenters. The van der Waals surface area contributed by atoms with Gasteiger partial charge in [0.25, 0.3) is 0 Å². The number of nitrogens with zero attached hydrogens (tertiary/aromatic N) is 1. The second-order valence-electron chi connectivity index (χ2n) is 5.13. The molecule has 2 N–H and O–H groups in total. The van der Waals surface area contributed by atoms with Gasteiger partial charge < -0.3 is 15.5 Å². The number of likely N-dealkylation sites (tertiary alicyclic amines) is 1. The summed E-state index contributed by atoms with van der Waals surface area (Å²) in [7, 11) is 1.62. The third-order valence-electron chi connectivity index (χ3n) is 3.90. The smallest absolute Gasteiger partial charge is 0.243 e. The minimum Gasteiger partial charge on any atom is -0.357 e. The number of amides is 2. The van der Waals surface area contributed by atoms with Crippen molar-refractivity contribution in [1.82, 2.24) is 15.5 Å². The molecular formula is C12H21N3O2. The van der Waals surface area contributed by atoms with Crippen LogP contribution in [0.25, 0.3) is 0 Å². The van der Waals surface area contributed by atoms with Crippen molar-refractivity contribution in [3.63, 3.8) is 0 Å². The Morgan fingerprint density at radius 3 is 2.76 bits per heavy atom. The summed E-state index contributed by atoms with van der Waals surface area (Å²) in [4.78, 5) is 26.0. The monoisotopic (exact) mass is 239 g/mol. The van der Waals surface area contributed by atoms with E-state index in [0.29, 0.717) is 6.54 Å². The first-order chi connectivity index (χ1) is 8.08. The molecule has 0 aliphatic carbocycles. The van der Waals surface area contributed by atoms with Crippen molar-refractivity contribution in [2.45, 2.75) is 44.2 Å². The SMILES string of the molecule is CNC(=O)C1CCCN1C(=O)C1(C)CCCN1. The molecule has 2 aliphatic rings. The Kier molecular flexibility index (Phi) is 3.38. The number of carbonyl (C=O) groups excluding carboxylic acids is 2. The first-order valence-electron chi connectivity index (χ1n) is 6.36. The van der Waals surface area contributed by atoms with E-state index in [1.165, 1.54) is 0 Å². The molecule has 2 saturated heterocycles. The maximum atomic E-state index is 12.5. The van der Waals surface area contributed by atoms with E-state index in [0.717, 1.165) is 32.2 Å². The molecule has 0 bridgehead atoms. The largest absolute Gasteiger partial charge is 0.357 e. The lowest BCUT2D eigenvalue weighted by molar-refractivity contribution is -0.142. The van der Waals surface area contributed by atoms with E-state index in [4.69, 9.17) is 0 Å². The van der Waals surface area contributed by atoms with Crippen LogP contribution in [0.1, 0.15) is 32.6 Å². The van der Waals surface area contributed by atoms with Crippen LogP contribution in [0.2, 0.25) is 0 Å². The van der Waals surface area contributed by atoms with E-state index >= 15 is 0 Å². The number of rotatable bonds is 2. The highest BCUT2D eigenvalue weighted by Gasteiger charge is 2.43. The lowest BCUT2D eigenvalue weighted by Crippen LogP contribution is -2.56. The average Bonchev–Trinajstić information content (AvgIpc) is 2.96. The van der Waals surface area contributed by atoms with E-state index in [1.54, 1.807) is 11.9 Å². The van der Waals surface area contributed by atoms with E-state index in [2.05, 4.69) is 10.6 Å². The van der Waals surface area contributed by atoms with Gasteiger partial charge in [-0.2, -0.15) is 0 Å². The van der Waals surface area contributed by atoms with E-state index in [9.17, 15) is 9.59 Å². The molecular weight excluding hydrogens is 218 g/mol. The molecule has 2 unspecified atom stereocenters. The highest BCUT2D eigenvalue weighted by atomic mass is 16.2. The maximum Gasteiger partial charge on any atom is 0.243 e. The summed E-state index contributed by atoms with van der Waals surface area (Å²) < 4.78 is 0. The molecule has 5 nitrogen and oxygen atoms in total. The minimum atomic E-state index is -0.462. The Hall–Kier alpha value is -1.10. The molecule has 0 saturated carbocycles. The lowest BCUT2D eigenvalue weighted by atomic mass is 9.98. The fraction of sp³-hybridized carbons (Fsp3) is 0.833. The van der Waals surface area contributed by atoms with Gasteiger partial charge in [-0.1, -0.05) is 0 Å². The van der Waals surface area contributed by atoms with E-state index in [1.807, 2.05) is 6.92 Å².